The molecule has 2 aromatic heterocycles. The van der Waals surface area contributed by atoms with Gasteiger partial charge >= 0.3 is 0 Å². The molecule has 3 rings (SSSR count). The molecule has 0 aliphatic rings. The van der Waals surface area contributed by atoms with Gasteiger partial charge in [-0.15, -0.1) is 22.7 Å². The molecule has 0 fully saturated rings. The lowest BCUT2D eigenvalue weighted by Crippen LogP contribution is -2.14. The number of halogens is 1. The molecule has 0 aliphatic heterocycles. The molecular weight excluding hydrogens is 426 g/mol. The zero-order chi connectivity index (χ0) is 18.1. The molecule has 25 heavy (non-hydrogen) atoms. The topological polar surface area (TPSA) is 105 Å². The fourth-order valence-electron chi connectivity index (χ4n) is 1.83. The number of aromatic nitrogens is 1. The number of hydrogen-bond acceptors (Lipinski definition) is 7. The first kappa shape index (κ1) is 18.1. The highest BCUT2D eigenvalue weighted by molar-refractivity contribution is 7.93. The van der Waals surface area contributed by atoms with Gasteiger partial charge < -0.3 is 0 Å². The van der Waals surface area contributed by atoms with E-state index in [1.54, 1.807) is 10.8 Å². The van der Waals surface area contributed by atoms with E-state index in [0.717, 1.165) is 22.7 Å². The van der Waals surface area contributed by atoms with Crippen LogP contribution < -0.4 is 9.44 Å². The summed E-state index contributed by atoms with van der Waals surface area (Å²) in [6, 6.07) is 6.70. The number of sulfonamides is 2. The number of hydrogen-bond donors (Lipinski definition) is 2. The second-order valence-electron chi connectivity index (χ2n) is 4.63. The SMILES string of the molecule is O=S(=O)(Nc1nccs1)c1ccc(NS(=O)(=O)c2ccsc2Cl)cc1. The highest BCUT2D eigenvalue weighted by atomic mass is 35.5. The van der Waals surface area contributed by atoms with Crippen molar-refractivity contribution in [3.05, 3.63) is 51.6 Å². The predicted molar refractivity (Wildman–Crippen MR) is 99.5 cm³/mol. The average Bonchev–Trinajstić information content (AvgIpc) is 3.18. The minimum absolute atomic E-state index is 0.0146. The number of nitrogens with one attached hydrogen (secondary N) is 2. The van der Waals surface area contributed by atoms with Gasteiger partial charge in [-0.3, -0.25) is 9.44 Å². The first-order valence-electron chi connectivity index (χ1n) is 6.56. The Hall–Kier alpha value is -1.66. The maximum Gasteiger partial charge on any atom is 0.264 e. The molecule has 7 nitrogen and oxygen atoms in total. The van der Waals surface area contributed by atoms with Gasteiger partial charge in [-0.1, -0.05) is 11.6 Å². The molecule has 0 unspecified atom stereocenters. The summed E-state index contributed by atoms with van der Waals surface area (Å²) in [5.74, 6) is 0. The molecule has 12 heteroatoms. The Kier molecular flexibility index (Phi) is 5.02. The summed E-state index contributed by atoms with van der Waals surface area (Å²) in [6.07, 6.45) is 1.48. The van der Waals surface area contributed by atoms with Crippen molar-refractivity contribution in [2.75, 3.05) is 9.44 Å². The van der Waals surface area contributed by atoms with Gasteiger partial charge in [0.1, 0.15) is 9.23 Å². The molecule has 0 aliphatic carbocycles. The van der Waals surface area contributed by atoms with Crippen LogP contribution in [0.4, 0.5) is 10.8 Å². The van der Waals surface area contributed by atoms with Crippen molar-refractivity contribution >= 4 is 65.1 Å². The molecule has 0 saturated heterocycles. The summed E-state index contributed by atoms with van der Waals surface area (Å²) in [4.78, 5) is 3.81. The number of nitrogens with zero attached hydrogens (tertiary/aromatic N) is 1. The van der Waals surface area contributed by atoms with E-state index in [4.69, 9.17) is 11.6 Å². The molecular formula is C13H10ClN3O4S4. The molecule has 2 N–H and O–H groups in total. The molecule has 0 amide bonds. The first-order chi connectivity index (χ1) is 11.8. The molecule has 0 spiro atoms. The molecule has 0 atom stereocenters. The summed E-state index contributed by atoms with van der Waals surface area (Å²) in [7, 11) is -7.63. The van der Waals surface area contributed by atoms with Crippen LogP contribution in [0.3, 0.4) is 0 Å². The van der Waals surface area contributed by atoms with E-state index >= 15 is 0 Å². The van der Waals surface area contributed by atoms with Crippen molar-refractivity contribution in [3.63, 3.8) is 0 Å². The van der Waals surface area contributed by atoms with Gasteiger partial charge in [0.25, 0.3) is 20.0 Å². The van der Waals surface area contributed by atoms with E-state index < -0.39 is 20.0 Å². The van der Waals surface area contributed by atoms with Crippen LogP contribution in [0, 0.1) is 0 Å². The second-order valence-corrected chi connectivity index (χ2v) is 10.4. The number of benzene rings is 1. The van der Waals surface area contributed by atoms with E-state index in [2.05, 4.69) is 14.4 Å². The van der Waals surface area contributed by atoms with Crippen LogP contribution >= 0.6 is 34.3 Å². The molecule has 3 aromatic rings. The van der Waals surface area contributed by atoms with Crippen molar-refractivity contribution in [2.45, 2.75) is 9.79 Å². The van der Waals surface area contributed by atoms with Gasteiger partial charge in [-0.05, 0) is 35.7 Å². The summed E-state index contributed by atoms with van der Waals surface area (Å²) in [5, 5.41) is 3.46. The fraction of sp³-hybridized carbons (Fsp3) is 0. The van der Waals surface area contributed by atoms with Gasteiger partial charge in [-0.25, -0.2) is 21.8 Å². The van der Waals surface area contributed by atoms with Crippen LogP contribution in [0.5, 0.6) is 0 Å². The number of rotatable bonds is 6. The van der Waals surface area contributed by atoms with E-state index in [9.17, 15) is 16.8 Å². The quantitative estimate of drug-likeness (QED) is 0.616. The number of thiophene rings is 1. The fourth-order valence-corrected chi connectivity index (χ4v) is 6.23. The minimum atomic E-state index is -3.83. The third kappa shape index (κ3) is 4.12. The van der Waals surface area contributed by atoms with E-state index in [-0.39, 0.29) is 24.9 Å². The number of anilines is 2. The summed E-state index contributed by atoms with van der Waals surface area (Å²) < 4.78 is 53.8. The molecule has 2 heterocycles. The lowest BCUT2D eigenvalue weighted by Gasteiger charge is -2.09. The Bertz CT molecular complexity index is 1070. The van der Waals surface area contributed by atoms with Crippen LogP contribution in [0.15, 0.2) is 57.1 Å². The van der Waals surface area contributed by atoms with Gasteiger partial charge in [0, 0.05) is 17.3 Å². The molecule has 0 bridgehead atoms. The highest BCUT2D eigenvalue weighted by Crippen LogP contribution is 2.29. The van der Waals surface area contributed by atoms with Gasteiger partial charge in [-0.2, -0.15) is 0 Å². The van der Waals surface area contributed by atoms with Gasteiger partial charge in [0.15, 0.2) is 5.13 Å². The highest BCUT2D eigenvalue weighted by Gasteiger charge is 2.20. The maximum absolute atomic E-state index is 12.3. The van der Waals surface area contributed by atoms with Crippen molar-refractivity contribution in [2.24, 2.45) is 0 Å². The monoisotopic (exact) mass is 435 g/mol. The molecule has 0 radical (unpaired) electrons. The van der Waals surface area contributed by atoms with E-state index in [0.29, 0.717) is 0 Å². The van der Waals surface area contributed by atoms with Crippen LogP contribution in [-0.2, 0) is 20.0 Å². The van der Waals surface area contributed by atoms with Gasteiger partial charge in [0.2, 0.25) is 0 Å². The predicted octanol–water partition coefficient (Wildman–Crippen LogP) is 3.46. The Balaban J connectivity index is 1.80. The Labute approximate surface area is 157 Å². The van der Waals surface area contributed by atoms with E-state index in [1.165, 1.54) is 36.5 Å². The summed E-state index contributed by atoms with van der Waals surface area (Å²) >= 11 is 8.10. The van der Waals surface area contributed by atoms with Crippen LogP contribution in [-0.4, -0.2) is 21.8 Å². The Morgan fingerprint density at radius 2 is 1.60 bits per heavy atom. The van der Waals surface area contributed by atoms with E-state index in [1.807, 2.05) is 0 Å². The normalized spacial score (nSPS) is 12.0. The van der Waals surface area contributed by atoms with Crippen LogP contribution in [0.1, 0.15) is 0 Å². The first-order valence-corrected chi connectivity index (χ1v) is 11.7. The zero-order valence-corrected chi connectivity index (χ0v) is 16.2. The zero-order valence-electron chi connectivity index (χ0n) is 12.2. The summed E-state index contributed by atoms with van der Waals surface area (Å²) in [5.41, 5.74) is 0.218. The lowest BCUT2D eigenvalue weighted by atomic mass is 10.3. The number of thiazole rings is 1. The third-order valence-electron chi connectivity index (χ3n) is 2.94. The van der Waals surface area contributed by atoms with Crippen molar-refractivity contribution in [3.8, 4) is 0 Å². The molecule has 0 saturated carbocycles. The van der Waals surface area contributed by atoms with Gasteiger partial charge in [0.05, 0.1) is 4.90 Å². The van der Waals surface area contributed by atoms with Crippen molar-refractivity contribution < 1.29 is 16.8 Å². The van der Waals surface area contributed by atoms with Crippen LogP contribution in [0.25, 0.3) is 0 Å². The average molecular weight is 436 g/mol. The Morgan fingerprint density at radius 3 is 2.16 bits per heavy atom. The molecule has 1 aromatic carbocycles. The minimum Gasteiger partial charge on any atom is -0.280 e. The largest absolute Gasteiger partial charge is 0.280 e. The molecule has 132 valence electrons. The van der Waals surface area contributed by atoms with Crippen molar-refractivity contribution in [1.82, 2.24) is 4.98 Å². The third-order valence-corrected chi connectivity index (χ3v) is 7.95. The smallest absolute Gasteiger partial charge is 0.264 e. The second kappa shape index (κ2) is 6.92. The summed E-state index contributed by atoms with van der Waals surface area (Å²) in [6.45, 7) is 0. The van der Waals surface area contributed by atoms with Crippen molar-refractivity contribution in [1.29, 1.82) is 0 Å². The Morgan fingerprint density at radius 1 is 0.880 bits per heavy atom. The standard InChI is InChI=1S/C13H10ClN3O4S4/c14-12-11(5-7-22-12)25(20,21)16-9-1-3-10(4-2-9)24(18,19)17-13-15-6-8-23-13/h1-8,16H,(H,15,17). The maximum atomic E-state index is 12.3. The van der Waals surface area contributed by atoms with Crippen LogP contribution in [0.2, 0.25) is 4.34 Å². The lowest BCUT2D eigenvalue weighted by molar-refractivity contribution is 0.600.